The van der Waals surface area contributed by atoms with E-state index < -0.39 is 0 Å². The Hall–Kier alpha value is -4.81. The first-order valence-electron chi connectivity index (χ1n) is 12.4. The molecule has 0 unspecified atom stereocenters. The van der Waals surface area contributed by atoms with E-state index in [1.165, 1.54) is 11.1 Å². The molecule has 4 heterocycles. The standard InChI is InChI=1S/C29H26N8O/c1-36(2)13-14-38-25-7-5-21-18-37(19-23(21)16-25)29-31-12-10-27(34-29)28-30-11-9-24(33-28)6-3-20-4-8-26-22(15-20)17-32-35-26/h4-5,7-12,15-17H,13-14,18-19H2,1-2H3,(H,32,35). The number of hydrogen-bond acceptors (Lipinski definition) is 8. The summed E-state index contributed by atoms with van der Waals surface area (Å²) >= 11 is 0. The molecule has 9 nitrogen and oxygen atoms in total. The van der Waals surface area contributed by atoms with Crippen LogP contribution in [0.2, 0.25) is 0 Å². The first-order valence-corrected chi connectivity index (χ1v) is 12.4. The molecule has 0 fully saturated rings. The number of benzene rings is 2. The molecule has 0 spiro atoms. The Morgan fingerprint density at radius 3 is 2.76 bits per heavy atom. The Kier molecular flexibility index (Phi) is 6.38. The summed E-state index contributed by atoms with van der Waals surface area (Å²) in [6.07, 6.45) is 5.24. The smallest absolute Gasteiger partial charge is 0.226 e. The van der Waals surface area contributed by atoms with E-state index in [1.807, 2.05) is 44.4 Å². The normalized spacial score (nSPS) is 12.4. The lowest BCUT2D eigenvalue weighted by molar-refractivity contribution is 0.261. The second kappa shape index (κ2) is 10.3. The van der Waals surface area contributed by atoms with Crippen molar-refractivity contribution in [3.63, 3.8) is 0 Å². The average molecular weight is 503 g/mol. The second-order valence-electron chi connectivity index (χ2n) is 9.37. The van der Waals surface area contributed by atoms with Crippen LogP contribution in [0.1, 0.15) is 22.4 Å². The lowest BCUT2D eigenvalue weighted by atomic mass is 10.1. The summed E-state index contributed by atoms with van der Waals surface area (Å²) in [6.45, 7) is 2.99. The van der Waals surface area contributed by atoms with Gasteiger partial charge in [-0.15, -0.1) is 0 Å². The molecule has 0 atom stereocenters. The number of nitrogens with one attached hydrogen (secondary N) is 1. The van der Waals surface area contributed by atoms with Gasteiger partial charge in [0.15, 0.2) is 5.82 Å². The largest absolute Gasteiger partial charge is 0.492 e. The van der Waals surface area contributed by atoms with Gasteiger partial charge >= 0.3 is 0 Å². The van der Waals surface area contributed by atoms with Crippen LogP contribution in [0.4, 0.5) is 5.95 Å². The van der Waals surface area contributed by atoms with Crippen molar-refractivity contribution in [2.75, 3.05) is 32.1 Å². The number of anilines is 1. The molecular formula is C29H26N8O. The van der Waals surface area contributed by atoms with Gasteiger partial charge in [-0.2, -0.15) is 5.10 Å². The van der Waals surface area contributed by atoms with Crippen LogP contribution in [0.25, 0.3) is 22.4 Å². The van der Waals surface area contributed by atoms with E-state index in [1.54, 1.807) is 24.7 Å². The van der Waals surface area contributed by atoms with Crippen LogP contribution in [-0.4, -0.2) is 62.3 Å². The van der Waals surface area contributed by atoms with Crippen molar-refractivity contribution in [2.24, 2.45) is 0 Å². The lowest BCUT2D eigenvalue weighted by Crippen LogP contribution is -2.19. The molecule has 0 bridgehead atoms. The van der Waals surface area contributed by atoms with Gasteiger partial charge in [-0.25, -0.2) is 19.9 Å². The van der Waals surface area contributed by atoms with E-state index in [0.29, 0.717) is 29.8 Å². The van der Waals surface area contributed by atoms with E-state index in [-0.39, 0.29) is 0 Å². The summed E-state index contributed by atoms with van der Waals surface area (Å²) in [7, 11) is 4.08. The zero-order valence-electron chi connectivity index (χ0n) is 21.2. The number of hydrogen-bond donors (Lipinski definition) is 1. The Morgan fingerprint density at radius 2 is 1.84 bits per heavy atom. The minimum atomic E-state index is 0.513. The van der Waals surface area contributed by atoms with Crippen molar-refractivity contribution in [1.29, 1.82) is 0 Å². The molecule has 188 valence electrons. The number of aromatic nitrogens is 6. The zero-order valence-corrected chi connectivity index (χ0v) is 21.2. The molecule has 9 heteroatoms. The Balaban J connectivity index is 1.18. The summed E-state index contributed by atoms with van der Waals surface area (Å²) in [4.78, 5) is 22.6. The predicted octanol–water partition coefficient (Wildman–Crippen LogP) is 3.67. The average Bonchev–Trinajstić information content (AvgIpc) is 3.58. The third-order valence-electron chi connectivity index (χ3n) is 6.29. The van der Waals surface area contributed by atoms with Crippen molar-refractivity contribution in [3.05, 3.63) is 89.5 Å². The second-order valence-corrected chi connectivity index (χ2v) is 9.37. The summed E-state index contributed by atoms with van der Waals surface area (Å²) in [5.41, 5.74) is 5.63. The Morgan fingerprint density at radius 1 is 0.947 bits per heavy atom. The maximum Gasteiger partial charge on any atom is 0.226 e. The highest BCUT2D eigenvalue weighted by molar-refractivity contribution is 5.79. The Labute approximate surface area is 220 Å². The van der Waals surface area contributed by atoms with Crippen molar-refractivity contribution < 1.29 is 4.74 Å². The first kappa shape index (κ1) is 23.6. The van der Waals surface area contributed by atoms with Crippen LogP contribution >= 0.6 is 0 Å². The molecule has 0 aliphatic carbocycles. The molecule has 0 saturated carbocycles. The highest BCUT2D eigenvalue weighted by Gasteiger charge is 2.22. The van der Waals surface area contributed by atoms with E-state index in [4.69, 9.17) is 9.72 Å². The van der Waals surface area contributed by atoms with Crippen LogP contribution in [-0.2, 0) is 13.1 Å². The van der Waals surface area contributed by atoms with Crippen molar-refractivity contribution in [2.45, 2.75) is 13.1 Å². The van der Waals surface area contributed by atoms with Gasteiger partial charge in [0.1, 0.15) is 23.7 Å². The molecule has 0 amide bonds. The van der Waals surface area contributed by atoms with E-state index in [0.717, 1.165) is 41.9 Å². The third kappa shape index (κ3) is 5.16. The number of H-pyrrole nitrogens is 1. The maximum atomic E-state index is 5.91. The van der Waals surface area contributed by atoms with E-state index in [9.17, 15) is 0 Å². The van der Waals surface area contributed by atoms with Crippen molar-refractivity contribution >= 4 is 16.9 Å². The molecule has 2 aromatic carbocycles. The topological polar surface area (TPSA) is 96.0 Å². The fourth-order valence-electron chi connectivity index (χ4n) is 4.28. The third-order valence-corrected chi connectivity index (χ3v) is 6.29. The molecule has 5 aromatic rings. The highest BCUT2D eigenvalue weighted by Crippen LogP contribution is 2.29. The highest BCUT2D eigenvalue weighted by atomic mass is 16.5. The minimum absolute atomic E-state index is 0.513. The van der Waals surface area contributed by atoms with Gasteiger partial charge < -0.3 is 14.5 Å². The summed E-state index contributed by atoms with van der Waals surface area (Å²) in [5, 5.41) is 8.02. The van der Waals surface area contributed by atoms with Gasteiger partial charge in [0.05, 0.1) is 11.7 Å². The van der Waals surface area contributed by atoms with Crippen molar-refractivity contribution in [3.8, 4) is 29.1 Å². The number of fused-ring (bicyclic) bond motifs is 2. The van der Waals surface area contributed by atoms with Crippen LogP contribution in [0.5, 0.6) is 5.75 Å². The van der Waals surface area contributed by atoms with Crippen molar-refractivity contribution in [1.82, 2.24) is 35.0 Å². The molecule has 0 saturated heterocycles. The predicted molar refractivity (Wildman–Crippen MR) is 146 cm³/mol. The fourth-order valence-corrected chi connectivity index (χ4v) is 4.28. The minimum Gasteiger partial charge on any atom is -0.492 e. The fraction of sp³-hybridized carbons (Fsp3) is 0.207. The first-order chi connectivity index (χ1) is 18.6. The molecule has 1 aliphatic rings. The van der Waals surface area contributed by atoms with Crippen LogP contribution < -0.4 is 9.64 Å². The number of likely N-dealkylation sites (N-methyl/N-ethyl adjacent to an activating group) is 1. The quantitative estimate of drug-likeness (QED) is 0.352. The van der Waals surface area contributed by atoms with Gasteiger partial charge in [-0.1, -0.05) is 12.0 Å². The van der Waals surface area contributed by atoms with E-state index in [2.05, 4.69) is 58.9 Å². The van der Waals surface area contributed by atoms with Gasteiger partial charge in [0, 0.05) is 43.0 Å². The summed E-state index contributed by atoms with van der Waals surface area (Å²) < 4.78 is 5.91. The molecule has 1 aliphatic heterocycles. The molecular weight excluding hydrogens is 476 g/mol. The molecule has 3 aromatic heterocycles. The number of rotatable bonds is 6. The monoisotopic (exact) mass is 502 g/mol. The zero-order chi connectivity index (χ0) is 25.9. The van der Waals surface area contributed by atoms with Gasteiger partial charge in [0.2, 0.25) is 5.95 Å². The SMILES string of the molecule is CN(C)CCOc1ccc2c(c1)CN(c1nccc(-c3nccc(C#Cc4ccc5[nH]ncc5c4)n3)n1)C2. The van der Waals surface area contributed by atoms with Crippen LogP contribution in [0.15, 0.2) is 67.1 Å². The molecule has 1 N–H and O–H groups in total. The van der Waals surface area contributed by atoms with E-state index >= 15 is 0 Å². The summed E-state index contributed by atoms with van der Waals surface area (Å²) in [5.74, 6) is 8.35. The number of aromatic amines is 1. The Bertz CT molecular complexity index is 1670. The molecule has 38 heavy (non-hydrogen) atoms. The maximum absolute atomic E-state index is 5.91. The molecule has 6 rings (SSSR count). The van der Waals surface area contributed by atoms with Gasteiger partial charge in [-0.05, 0) is 73.6 Å². The lowest BCUT2D eigenvalue weighted by Gasteiger charge is -2.15. The van der Waals surface area contributed by atoms with Crippen LogP contribution in [0, 0.1) is 11.8 Å². The van der Waals surface area contributed by atoms with Crippen LogP contribution in [0.3, 0.4) is 0 Å². The number of ether oxygens (including phenoxy) is 1. The van der Waals surface area contributed by atoms with Gasteiger partial charge in [-0.3, -0.25) is 5.10 Å². The van der Waals surface area contributed by atoms with Gasteiger partial charge in [0.25, 0.3) is 0 Å². The number of nitrogens with zero attached hydrogens (tertiary/aromatic N) is 7. The summed E-state index contributed by atoms with van der Waals surface area (Å²) in [6, 6.07) is 15.8. The molecule has 0 radical (unpaired) electrons.